The van der Waals surface area contributed by atoms with E-state index in [0.29, 0.717) is 11.1 Å². The van der Waals surface area contributed by atoms with Crippen LogP contribution in [-0.2, 0) is 6.61 Å². The molecule has 2 aromatic rings. The van der Waals surface area contributed by atoms with Crippen molar-refractivity contribution < 1.29 is 14.3 Å². The number of para-hydroxylation sites is 1. The van der Waals surface area contributed by atoms with Gasteiger partial charge in [0.15, 0.2) is 5.76 Å². The summed E-state index contributed by atoms with van der Waals surface area (Å²) in [5.74, 6) is -0.0118. The Morgan fingerprint density at radius 1 is 1.47 bits per heavy atom. The number of rotatable bonds is 3. The van der Waals surface area contributed by atoms with Crippen LogP contribution in [0.4, 0.5) is 0 Å². The number of benzene rings is 1. The number of aliphatic hydroxyl groups is 1. The maximum atomic E-state index is 12.2. The van der Waals surface area contributed by atoms with E-state index in [9.17, 15) is 9.90 Å². The largest absolute Gasteiger partial charge is 0.451 e. The highest BCUT2D eigenvalue weighted by Gasteiger charge is 2.47. The monoisotopic (exact) mass is 259 g/mol. The molecular formula is C15H17NO3. The van der Waals surface area contributed by atoms with Crippen molar-refractivity contribution in [1.29, 1.82) is 0 Å². The van der Waals surface area contributed by atoms with Crippen molar-refractivity contribution >= 4 is 16.9 Å². The molecule has 0 aliphatic heterocycles. The molecule has 0 unspecified atom stereocenters. The van der Waals surface area contributed by atoms with Gasteiger partial charge in [-0.3, -0.25) is 4.79 Å². The summed E-state index contributed by atoms with van der Waals surface area (Å²) in [6.45, 7) is 4.03. The summed E-state index contributed by atoms with van der Waals surface area (Å²) >= 11 is 0. The zero-order valence-corrected chi connectivity index (χ0v) is 11.1. The third-order valence-electron chi connectivity index (χ3n) is 3.88. The minimum atomic E-state index is -0.240. The van der Waals surface area contributed by atoms with Gasteiger partial charge in [-0.25, -0.2) is 0 Å². The van der Waals surface area contributed by atoms with Gasteiger partial charge in [0.2, 0.25) is 0 Å². The van der Waals surface area contributed by atoms with Crippen molar-refractivity contribution in [2.75, 3.05) is 0 Å². The van der Waals surface area contributed by atoms with Gasteiger partial charge in [0, 0.05) is 17.0 Å². The maximum Gasteiger partial charge on any atom is 0.287 e. The summed E-state index contributed by atoms with van der Waals surface area (Å²) in [5.41, 5.74) is 1.36. The van der Waals surface area contributed by atoms with Crippen molar-refractivity contribution in [2.45, 2.75) is 32.9 Å². The third kappa shape index (κ3) is 2.02. The molecule has 1 aliphatic rings. The number of hydrogen-bond donors (Lipinski definition) is 2. The van der Waals surface area contributed by atoms with Gasteiger partial charge in [-0.1, -0.05) is 32.0 Å². The number of nitrogens with one attached hydrogen (secondary N) is 1. The highest BCUT2D eigenvalue weighted by Crippen LogP contribution is 2.44. The number of fused-ring (bicyclic) bond motifs is 1. The van der Waals surface area contributed by atoms with Crippen LogP contribution in [0.2, 0.25) is 0 Å². The van der Waals surface area contributed by atoms with Crippen LogP contribution in [0.1, 0.15) is 36.4 Å². The van der Waals surface area contributed by atoms with E-state index < -0.39 is 0 Å². The van der Waals surface area contributed by atoms with Crippen LogP contribution >= 0.6 is 0 Å². The molecule has 1 saturated carbocycles. The Morgan fingerprint density at radius 2 is 2.16 bits per heavy atom. The Morgan fingerprint density at radius 3 is 2.79 bits per heavy atom. The van der Waals surface area contributed by atoms with E-state index in [0.717, 1.165) is 11.8 Å². The lowest BCUT2D eigenvalue weighted by molar-refractivity contribution is 0.0916. The molecule has 0 radical (unpaired) electrons. The first-order valence-corrected chi connectivity index (χ1v) is 6.45. The standard InChI is InChI=1S/C15H17NO3/c1-15(2)7-12(15)16-14(18)13-10(8-17)9-5-3-4-6-11(9)19-13/h3-6,12,17H,7-8H2,1-2H3,(H,16,18)/t12-/m0/s1. The fraction of sp³-hybridized carbons (Fsp3) is 0.400. The van der Waals surface area contributed by atoms with Gasteiger partial charge in [0.05, 0.1) is 6.61 Å². The average Bonchev–Trinajstić information content (AvgIpc) is 2.85. The second-order valence-electron chi connectivity index (χ2n) is 5.78. The predicted molar refractivity (Wildman–Crippen MR) is 71.8 cm³/mol. The van der Waals surface area contributed by atoms with Crippen molar-refractivity contribution in [3.8, 4) is 0 Å². The first-order valence-electron chi connectivity index (χ1n) is 6.45. The van der Waals surface area contributed by atoms with E-state index in [4.69, 9.17) is 4.42 Å². The minimum absolute atomic E-state index is 0.168. The van der Waals surface area contributed by atoms with Crippen LogP contribution in [0.3, 0.4) is 0 Å². The van der Waals surface area contributed by atoms with Gasteiger partial charge >= 0.3 is 0 Å². The maximum absolute atomic E-state index is 12.2. The molecule has 4 heteroatoms. The lowest BCUT2D eigenvalue weighted by atomic mass is 10.1. The smallest absolute Gasteiger partial charge is 0.287 e. The van der Waals surface area contributed by atoms with E-state index in [2.05, 4.69) is 19.2 Å². The highest BCUT2D eigenvalue weighted by atomic mass is 16.3. The zero-order valence-electron chi connectivity index (χ0n) is 11.1. The summed E-state index contributed by atoms with van der Waals surface area (Å²) < 4.78 is 5.58. The summed E-state index contributed by atoms with van der Waals surface area (Å²) in [4.78, 5) is 12.2. The second kappa shape index (κ2) is 4.10. The van der Waals surface area contributed by atoms with Crippen molar-refractivity contribution in [1.82, 2.24) is 5.32 Å². The summed E-state index contributed by atoms with van der Waals surface area (Å²) in [7, 11) is 0. The first-order chi connectivity index (χ1) is 9.03. The number of aliphatic hydroxyl groups excluding tert-OH is 1. The molecule has 1 aliphatic carbocycles. The number of carbonyl (C=O) groups is 1. The van der Waals surface area contributed by atoms with Gasteiger partial charge in [-0.15, -0.1) is 0 Å². The predicted octanol–water partition coefficient (Wildman–Crippen LogP) is 2.45. The molecule has 1 aromatic carbocycles. The number of amides is 1. The molecule has 0 bridgehead atoms. The van der Waals surface area contributed by atoms with E-state index in [1.54, 1.807) is 6.07 Å². The average molecular weight is 259 g/mol. The van der Waals surface area contributed by atoms with Crippen LogP contribution in [-0.4, -0.2) is 17.1 Å². The molecule has 1 atom stereocenters. The highest BCUT2D eigenvalue weighted by molar-refractivity contribution is 5.99. The lowest BCUT2D eigenvalue weighted by Crippen LogP contribution is -2.28. The van der Waals surface area contributed by atoms with Gasteiger partial charge < -0.3 is 14.8 Å². The molecule has 100 valence electrons. The molecule has 0 saturated heterocycles. The Labute approximate surface area is 111 Å². The Hall–Kier alpha value is -1.81. The van der Waals surface area contributed by atoms with Crippen molar-refractivity contribution in [3.05, 3.63) is 35.6 Å². The molecule has 19 heavy (non-hydrogen) atoms. The van der Waals surface area contributed by atoms with Crippen molar-refractivity contribution in [2.24, 2.45) is 5.41 Å². The van der Waals surface area contributed by atoms with E-state index in [1.165, 1.54) is 0 Å². The summed E-state index contributed by atoms with van der Waals surface area (Å²) in [6.07, 6.45) is 0.980. The van der Waals surface area contributed by atoms with Crippen LogP contribution in [0, 0.1) is 5.41 Å². The molecular weight excluding hydrogens is 242 g/mol. The van der Waals surface area contributed by atoms with Gasteiger partial charge in [0.1, 0.15) is 5.58 Å². The van der Waals surface area contributed by atoms with Crippen LogP contribution in [0.15, 0.2) is 28.7 Å². The topological polar surface area (TPSA) is 62.5 Å². The third-order valence-corrected chi connectivity index (χ3v) is 3.88. The molecule has 1 amide bonds. The SMILES string of the molecule is CC1(C)C[C@@H]1NC(=O)c1oc2ccccc2c1CO. The molecule has 1 fully saturated rings. The molecule has 1 aromatic heterocycles. The van der Waals surface area contributed by atoms with E-state index in [-0.39, 0.29) is 29.7 Å². The van der Waals surface area contributed by atoms with Gasteiger partial charge in [-0.2, -0.15) is 0 Å². The number of carbonyl (C=O) groups excluding carboxylic acids is 1. The van der Waals surface area contributed by atoms with Crippen LogP contribution < -0.4 is 5.32 Å². The van der Waals surface area contributed by atoms with E-state index in [1.807, 2.05) is 18.2 Å². The first kappa shape index (κ1) is 12.2. The number of furan rings is 1. The fourth-order valence-corrected chi connectivity index (χ4v) is 2.38. The van der Waals surface area contributed by atoms with Gasteiger partial charge in [0.25, 0.3) is 5.91 Å². The van der Waals surface area contributed by atoms with Crippen LogP contribution in [0.5, 0.6) is 0 Å². The van der Waals surface area contributed by atoms with Crippen LogP contribution in [0.25, 0.3) is 11.0 Å². The summed E-state index contributed by atoms with van der Waals surface area (Å²) in [6, 6.07) is 7.55. The minimum Gasteiger partial charge on any atom is -0.451 e. The molecule has 4 nitrogen and oxygen atoms in total. The Balaban J connectivity index is 1.93. The quantitative estimate of drug-likeness (QED) is 0.890. The molecule has 1 heterocycles. The fourth-order valence-electron chi connectivity index (χ4n) is 2.38. The lowest BCUT2D eigenvalue weighted by Gasteiger charge is -2.05. The molecule has 2 N–H and O–H groups in total. The Bertz CT molecular complexity index is 642. The van der Waals surface area contributed by atoms with E-state index >= 15 is 0 Å². The second-order valence-corrected chi connectivity index (χ2v) is 5.78. The van der Waals surface area contributed by atoms with Gasteiger partial charge in [-0.05, 0) is 17.9 Å². The normalized spacial score (nSPS) is 20.5. The van der Waals surface area contributed by atoms with Crippen molar-refractivity contribution in [3.63, 3.8) is 0 Å². The molecule has 0 spiro atoms. The number of hydrogen-bond acceptors (Lipinski definition) is 3. The summed E-state index contributed by atoms with van der Waals surface area (Å²) in [5, 5.41) is 13.2. The molecule has 3 rings (SSSR count). The Kier molecular flexibility index (Phi) is 2.64. The zero-order chi connectivity index (χ0) is 13.6.